The first kappa shape index (κ1) is 20.8. The zero-order valence-electron chi connectivity index (χ0n) is 19.3. The number of nitrogens with zero attached hydrogens (tertiary/aromatic N) is 1. The van der Waals surface area contributed by atoms with Crippen LogP contribution in [0.3, 0.4) is 0 Å². The summed E-state index contributed by atoms with van der Waals surface area (Å²) in [6.07, 6.45) is 12.3. The summed E-state index contributed by atoms with van der Waals surface area (Å²) in [7, 11) is 0. The summed E-state index contributed by atoms with van der Waals surface area (Å²) >= 11 is 0. The zero-order valence-corrected chi connectivity index (χ0v) is 19.3. The van der Waals surface area contributed by atoms with Crippen LogP contribution in [0.1, 0.15) is 63.4 Å². The highest BCUT2D eigenvalue weighted by Gasteiger charge is 2.55. The van der Waals surface area contributed by atoms with Crippen molar-refractivity contribution in [1.29, 1.82) is 0 Å². The number of nitrogens with one attached hydrogen (secondary N) is 1. The number of carbonyl (C=O) groups excluding carboxylic acids is 1. The third kappa shape index (κ3) is 4.50. The maximum atomic E-state index is 13.1. The summed E-state index contributed by atoms with van der Waals surface area (Å²) < 4.78 is 11.5. The fraction of sp³-hybridized carbons (Fsp3) is 0.741. The SMILES string of the molecule is O=C(CCC12CC(CC3CC3C1)C2)N[C@@H](Cc1ccc2c(c1)OCCO2)CN1CCCC1. The summed E-state index contributed by atoms with van der Waals surface area (Å²) in [5, 5.41) is 3.43. The number of likely N-dealkylation sites (tertiary alicyclic amines) is 1. The average Bonchev–Trinajstić information content (AvgIpc) is 3.35. The lowest BCUT2D eigenvalue weighted by molar-refractivity contribution is -0.123. The first-order valence-electron chi connectivity index (χ1n) is 13.0. The van der Waals surface area contributed by atoms with Crippen molar-refractivity contribution in [3.63, 3.8) is 0 Å². The van der Waals surface area contributed by atoms with Gasteiger partial charge in [0.15, 0.2) is 11.5 Å². The summed E-state index contributed by atoms with van der Waals surface area (Å²) in [6, 6.07) is 6.39. The van der Waals surface area contributed by atoms with Crippen molar-refractivity contribution in [3.8, 4) is 11.5 Å². The molecule has 4 saturated carbocycles. The third-order valence-corrected chi connectivity index (χ3v) is 8.86. The second-order valence-electron chi connectivity index (χ2n) is 11.4. The molecule has 0 aromatic heterocycles. The molecule has 0 radical (unpaired) electrons. The van der Waals surface area contributed by atoms with Gasteiger partial charge in [-0.05, 0) is 112 Å². The second kappa shape index (κ2) is 8.55. The Bertz CT molecular complexity index is 843. The number of benzene rings is 1. The summed E-state index contributed by atoms with van der Waals surface area (Å²) in [6.45, 7) is 4.47. The molecule has 6 aliphatic rings. The smallest absolute Gasteiger partial charge is 0.220 e. The Hall–Kier alpha value is -1.75. The number of hydrogen-bond donors (Lipinski definition) is 1. The van der Waals surface area contributed by atoms with Gasteiger partial charge in [-0.2, -0.15) is 0 Å². The summed E-state index contributed by atoms with van der Waals surface area (Å²) in [4.78, 5) is 15.6. The van der Waals surface area contributed by atoms with Gasteiger partial charge in [-0.3, -0.25) is 4.79 Å². The monoisotopic (exact) mass is 438 g/mol. The number of ether oxygens (including phenoxy) is 2. The minimum Gasteiger partial charge on any atom is -0.486 e. The molecule has 3 atom stereocenters. The molecule has 2 heterocycles. The van der Waals surface area contributed by atoms with Crippen LogP contribution in [0.15, 0.2) is 18.2 Å². The van der Waals surface area contributed by atoms with E-state index in [1.54, 1.807) is 0 Å². The quantitative estimate of drug-likeness (QED) is 0.661. The molecule has 1 amide bonds. The minimum atomic E-state index is 0.150. The van der Waals surface area contributed by atoms with E-state index in [0.29, 0.717) is 25.0 Å². The van der Waals surface area contributed by atoms with Crippen LogP contribution in [0.2, 0.25) is 0 Å². The number of fused-ring (bicyclic) bond motifs is 1. The molecule has 0 spiro atoms. The fourth-order valence-electron chi connectivity index (χ4n) is 7.25. The fourth-order valence-corrected chi connectivity index (χ4v) is 7.25. The molecular formula is C27H38N2O3. The molecule has 174 valence electrons. The van der Waals surface area contributed by atoms with Crippen LogP contribution in [0, 0.1) is 23.2 Å². The van der Waals surface area contributed by atoms with E-state index in [4.69, 9.17) is 9.47 Å². The molecule has 5 fully saturated rings. The van der Waals surface area contributed by atoms with Crippen molar-refractivity contribution < 1.29 is 14.3 Å². The Kier molecular flexibility index (Phi) is 5.57. The zero-order chi connectivity index (χ0) is 21.5. The highest BCUT2D eigenvalue weighted by atomic mass is 16.6. The number of hydrogen-bond acceptors (Lipinski definition) is 4. The van der Waals surface area contributed by atoms with Gasteiger partial charge in [0.05, 0.1) is 0 Å². The van der Waals surface area contributed by atoms with Crippen molar-refractivity contribution in [3.05, 3.63) is 23.8 Å². The van der Waals surface area contributed by atoms with E-state index >= 15 is 0 Å². The van der Waals surface area contributed by atoms with Gasteiger partial charge in [0.1, 0.15) is 13.2 Å². The van der Waals surface area contributed by atoms with Gasteiger partial charge in [-0.1, -0.05) is 6.07 Å². The van der Waals surface area contributed by atoms with Gasteiger partial charge in [0, 0.05) is 19.0 Å². The van der Waals surface area contributed by atoms with Crippen molar-refractivity contribution in [2.45, 2.75) is 70.3 Å². The Morgan fingerprint density at radius 3 is 2.72 bits per heavy atom. The van der Waals surface area contributed by atoms with E-state index in [-0.39, 0.29) is 11.9 Å². The van der Waals surface area contributed by atoms with E-state index in [1.807, 2.05) is 6.07 Å². The van der Waals surface area contributed by atoms with Gasteiger partial charge in [-0.25, -0.2) is 0 Å². The standard InChI is InChI=1S/C27H38N2O3/c30-26(5-6-27-15-20(16-27)11-21-14-22(21)17-27)28-23(18-29-7-1-2-8-29)12-19-3-4-24-25(13-19)32-10-9-31-24/h3-4,13,20-23H,1-2,5-12,14-18H2,(H,28,30)/t20?,21?,22?,23-,27?/m0/s1. The van der Waals surface area contributed by atoms with E-state index in [1.165, 1.54) is 50.5 Å². The molecule has 1 aromatic rings. The Labute approximate surface area is 192 Å². The van der Waals surface area contributed by atoms with Crippen molar-refractivity contribution >= 4 is 5.91 Å². The number of carbonyl (C=O) groups is 1. The second-order valence-corrected chi connectivity index (χ2v) is 11.4. The molecule has 7 rings (SSSR count). The van der Waals surface area contributed by atoms with Crippen molar-refractivity contribution in [2.75, 3.05) is 32.8 Å². The number of rotatable bonds is 8. The molecule has 2 unspecified atom stereocenters. The summed E-state index contributed by atoms with van der Waals surface area (Å²) in [5.41, 5.74) is 1.71. The first-order valence-corrected chi connectivity index (χ1v) is 13.0. The molecule has 1 N–H and O–H groups in total. The first-order chi connectivity index (χ1) is 15.6. The minimum absolute atomic E-state index is 0.150. The van der Waals surface area contributed by atoms with E-state index in [0.717, 1.165) is 61.7 Å². The lowest BCUT2D eigenvalue weighted by Gasteiger charge is -2.47. The molecule has 1 saturated heterocycles. The molecule has 4 aliphatic carbocycles. The molecule has 2 aliphatic heterocycles. The topological polar surface area (TPSA) is 50.8 Å². The molecule has 2 bridgehead atoms. The molecular weight excluding hydrogens is 400 g/mol. The molecule has 1 aromatic carbocycles. The molecule has 5 nitrogen and oxygen atoms in total. The van der Waals surface area contributed by atoms with Gasteiger partial charge in [-0.15, -0.1) is 0 Å². The van der Waals surface area contributed by atoms with Gasteiger partial charge in [0.2, 0.25) is 5.91 Å². The molecule has 5 heteroatoms. The predicted octanol–water partition coefficient (Wildman–Crippen LogP) is 4.19. The average molecular weight is 439 g/mol. The normalized spacial score (nSPS) is 33.6. The molecule has 32 heavy (non-hydrogen) atoms. The predicted molar refractivity (Wildman–Crippen MR) is 124 cm³/mol. The van der Waals surface area contributed by atoms with E-state index in [2.05, 4.69) is 22.3 Å². The third-order valence-electron chi connectivity index (χ3n) is 8.86. The Morgan fingerprint density at radius 1 is 1.06 bits per heavy atom. The largest absolute Gasteiger partial charge is 0.486 e. The van der Waals surface area contributed by atoms with Crippen LogP contribution in [-0.4, -0.2) is 49.7 Å². The van der Waals surface area contributed by atoms with Gasteiger partial charge >= 0.3 is 0 Å². The lowest BCUT2D eigenvalue weighted by Crippen LogP contribution is -2.45. The van der Waals surface area contributed by atoms with Crippen LogP contribution in [-0.2, 0) is 11.2 Å². The van der Waals surface area contributed by atoms with E-state index in [9.17, 15) is 4.79 Å². The number of amides is 1. The Balaban J connectivity index is 1.07. The van der Waals surface area contributed by atoms with Crippen LogP contribution in [0.4, 0.5) is 0 Å². The lowest BCUT2D eigenvalue weighted by atomic mass is 9.58. The maximum Gasteiger partial charge on any atom is 0.220 e. The maximum absolute atomic E-state index is 13.1. The van der Waals surface area contributed by atoms with Crippen LogP contribution in [0.25, 0.3) is 0 Å². The highest BCUT2D eigenvalue weighted by Crippen LogP contribution is 2.65. The van der Waals surface area contributed by atoms with Crippen LogP contribution < -0.4 is 14.8 Å². The van der Waals surface area contributed by atoms with Crippen molar-refractivity contribution in [1.82, 2.24) is 10.2 Å². The van der Waals surface area contributed by atoms with Gasteiger partial charge in [0.25, 0.3) is 0 Å². The highest BCUT2D eigenvalue weighted by molar-refractivity contribution is 5.76. The summed E-state index contributed by atoms with van der Waals surface area (Å²) in [5.74, 6) is 4.91. The van der Waals surface area contributed by atoms with Crippen LogP contribution in [0.5, 0.6) is 11.5 Å². The van der Waals surface area contributed by atoms with Gasteiger partial charge < -0.3 is 19.7 Å². The Morgan fingerprint density at radius 2 is 1.88 bits per heavy atom. The van der Waals surface area contributed by atoms with E-state index < -0.39 is 0 Å². The van der Waals surface area contributed by atoms with Crippen LogP contribution >= 0.6 is 0 Å². The van der Waals surface area contributed by atoms with Crippen molar-refractivity contribution in [2.24, 2.45) is 23.2 Å².